The van der Waals surface area contributed by atoms with Crippen LogP contribution in [0.2, 0.25) is 0 Å². The number of nitrogens with one attached hydrogen (secondary N) is 1. The minimum atomic E-state index is 0.615. The molecule has 0 spiro atoms. The Balaban J connectivity index is 1.46. The first-order chi connectivity index (χ1) is 9.88. The lowest BCUT2D eigenvalue weighted by Crippen LogP contribution is -2.15. The van der Waals surface area contributed by atoms with Gasteiger partial charge in [-0.15, -0.1) is 0 Å². The van der Waals surface area contributed by atoms with Crippen molar-refractivity contribution in [2.45, 2.75) is 32.0 Å². The fourth-order valence-corrected chi connectivity index (χ4v) is 1.79. The van der Waals surface area contributed by atoms with Crippen molar-refractivity contribution in [3.63, 3.8) is 0 Å². The molecule has 6 heteroatoms. The summed E-state index contributed by atoms with van der Waals surface area (Å²) in [5.74, 6) is 0. The van der Waals surface area contributed by atoms with Gasteiger partial charge in [0.15, 0.2) is 0 Å². The molecule has 0 bridgehead atoms. The first-order valence-electron chi connectivity index (χ1n) is 7.27. The molecule has 1 aromatic heterocycles. The molecule has 0 amide bonds. The summed E-state index contributed by atoms with van der Waals surface area (Å²) >= 11 is 0. The molecule has 0 radical (unpaired) electrons. The topological polar surface area (TPSA) is 57.5 Å². The molecule has 2 rings (SSSR count). The van der Waals surface area contributed by atoms with Crippen LogP contribution in [0.15, 0.2) is 12.5 Å². The largest absolute Gasteiger partial charge is 0.382 e. The second-order valence-electron chi connectivity index (χ2n) is 4.98. The van der Waals surface area contributed by atoms with Crippen molar-refractivity contribution in [1.29, 1.82) is 0 Å². The summed E-state index contributed by atoms with van der Waals surface area (Å²) in [6.07, 6.45) is 6.55. The van der Waals surface area contributed by atoms with E-state index in [9.17, 15) is 0 Å². The lowest BCUT2D eigenvalue weighted by atomic mass is 10.4. The summed E-state index contributed by atoms with van der Waals surface area (Å²) in [7, 11) is 1.67. The zero-order valence-corrected chi connectivity index (χ0v) is 12.2. The third-order valence-electron chi connectivity index (χ3n) is 3.13. The lowest BCUT2D eigenvalue weighted by molar-refractivity contribution is 0.0230. The molecule has 20 heavy (non-hydrogen) atoms. The standard InChI is InChI=1S/C14H25N3O3/c1-18-6-7-20-9-8-19-5-4-17-11-14(16-12-17)10-15-13-2-3-13/h11-13,15H,2-10H2,1H3. The van der Waals surface area contributed by atoms with Gasteiger partial charge in [-0.05, 0) is 12.8 Å². The number of hydrogen-bond donors (Lipinski definition) is 1. The highest BCUT2D eigenvalue weighted by Gasteiger charge is 2.20. The van der Waals surface area contributed by atoms with Crippen molar-refractivity contribution in [1.82, 2.24) is 14.9 Å². The van der Waals surface area contributed by atoms with E-state index in [0.29, 0.717) is 33.0 Å². The summed E-state index contributed by atoms with van der Waals surface area (Å²) in [4.78, 5) is 4.37. The molecule has 6 nitrogen and oxygen atoms in total. The van der Waals surface area contributed by atoms with Crippen LogP contribution in [0.3, 0.4) is 0 Å². The van der Waals surface area contributed by atoms with Crippen molar-refractivity contribution in [2.24, 2.45) is 0 Å². The van der Waals surface area contributed by atoms with Crippen LogP contribution in [0.25, 0.3) is 0 Å². The maximum atomic E-state index is 5.51. The zero-order valence-electron chi connectivity index (χ0n) is 12.2. The number of aromatic nitrogens is 2. The molecule has 0 unspecified atom stereocenters. The van der Waals surface area contributed by atoms with Crippen LogP contribution in [0.5, 0.6) is 0 Å². The van der Waals surface area contributed by atoms with Crippen LogP contribution in [-0.2, 0) is 27.3 Å². The monoisotopic (exact) mass is 283 g/mol. The second kappa shape index (κ2) is 9.07. The average molecular weight is 283 g/mol. The van der Waals surface area contributed by atoms with Crippen molar-refractivity contribution in [2.75, 3.05) is 40.1 Å². The number of methoxy groups -OCH3 is 1. The van der Waals surface area contributed by atoms with Crippen molar-refractivity contribution >= 4 is 0 Å². The summed E-state index contributed by atoms with van der Waals surface area (Å²) in [5.41, 5.74) is 1.10. The molecule has 0 aliphatic heterocycles. The second-order valence-corrected chi connectivity index (χ2v) is 4.98. The number of nitrogens with zero attached hydrogens (tertiary/aromatic N) is 2. The number of hydrogen-bond acceptors (Lipinski definition) is 5. The van der Waals surface area contributed by atoms with Gasteiger partial charge in [-0.1, -0.05) is 0 Å². The lowest BCUT2D eigenvalue weighted by Gasteiger charge is -2.06. The summed E-state index contributed by atoms with van der Waals surface area (Å²) in [6.45, 7) is 4.86. The van der Waals surface area contributed by atoms with E-state index in [1.807, 2.05) is 6.33 Å². The maximum Gasteiger partial charge on any atom is 0.0950 e. The highest BCUT2D eigenvalue weighted by molar-refractivity contribution is 4.97. The Kier molecular flexibility index (Phi) is 7.00. The molecule has 1 fully saturated rings. The Bertz CT molecular complexity index is 366. The van der Waals surface area contributed by atoms with Crippen LogP contribution < -0.4 is 5.32 Å². The molecule has 0 aromatic carbocycles. The molecular weight excluding hydrogens is 258 g/mol. The van der Waals surface area contributed by atoms with E-state index in [-0.39, 0.29) is 0 Å². The van der Waals surface area contributed by atoms with Gasteiger partial charge in [0.1, 0.15) is 0 Å². The Morgan fingerprint density at radius 2 is 1.95 bits per heavy atom. The van der Waals surface area contributed by atoms with E-state index in [2.05, 4.69) is 21.1 Å². The normalized spacial score (nSPS) is 14.8. The first-order valence-corrected chi connectivity index (χ1v) is 7.27. The van der Waals surface area contributed by atoms with Gasteiger partial charge in [0, 0.05) is 32.4 Å². The van der Waals surface area contributed by atoms with Gasteiger partial charge in [-0.3, -0.25) is 0 Å². The van der Waals surface area contributed by atoms with Crippen LogP contribution >= 0.6 is 0 Å². The number of imidazole rings is 1. The van der Waals surface area contributed by atoms with Crippen molar-refractivity contribution in [3.05, 3.63) is 18.2 Å². The van der Waals surface area contributed by atoms with E-state index in [4.69, 9.17) is 14.2 Å². The van der Waals surface area contributed by atoms with Crippen LogP contribution in [0.4, 0.5) is 0 Å². The highest BCUT2D eigenvalue weighted by Crippen LogP contribution is 2.18. The van der Waals surface area contributed by atoms with Crippen LogP contribution in [-0.4, -0.2) is 55.7 Å². The molecule has 1 aliphatic rings. The van der Waals surface area contributed by atoms with Crippen LogP contribution in [0, 0.1) is 0 Å². The van der Waals surface area contributed by atoms with Crippen molar-refractivity contribution < 1.29 is 14.2 Å². The Labute approximate surface area is 120 Å². The minimum Gasteiger partial charge on any atom is -0.382 e. The highest BCUT2D eigenvalue weighted by atomic mass is 16.5. The zero-order chi connectivity index (χ0) is 14.0. The van der Waals surface area contributed by atoms with Gasteiger partial charge < -0.3 is 24.1 Å². The molecule has 0 saturated heterocycles. The Morgan fingerprint density at radius 1 is 1.20 bits per heavy atom. The molecule has 1 N–H and O–H groups in total. The molecule has 1 saturated carbocycles. The summed E-state index contributed by atoms with van der Waals surface area (Å²) in [6, 6.07) is 0.724. The van der Waals surface area contributed by atoms with Gasteiger partial charge in [-0.25, -0.2) is 4.98 Å². The molecule has 1 aliphatic carbocycles. The fraction of sp³-hybridized carbons (Fsp3) is 0.786. The smallest absolute Gasteiger partial charge is 0.0950 e. The van der Waals surface area contributed by atoms with E-state index < -0.39 is 0 Å². The van der Waals surface area contributed by atoms with Gasteiger partial charge in [0.2, 0.25) is 0 Å². The van der Waals surface area contributed by atoms with Crippen LogP contribution in [0.1, 0.15) is 18.5 Å². The summed E-state index contributed by atoms with van der Waals surface area (Å²) < 4.78 is 17.8. The Morgan fingerprint density at radius 3 is 2.70 bits per heavy atom. The molecule has 114 valence electrons. The quantitative estimate of drug-likeness (QED) is 0.575. The molecular formula is C14H25N3O3. The number of ether oxygens (including phenoxy) is 3. The third kappa shape index (κ3) is 6.47. The first kappa shape index (κ1) is 15.4. The van der Waals surface area contributed by atoms with E-state index in [0.717, 1.165) is 24.8 Å². The fourth-order valence-electron chi connectivity index (χ4n) is 1.79. The number of rotatable bonds is 12. The van der Waals surface area contributed by atoms with E-state index >= 15 is 0 Å². The maximum absolute atomic E-state index is 5.51. The van der Waals surface area contributed by atoms with E-state index in [1.165, 1.54) is 12.8 Å². The SMILES string of the molecule is COCCOCCOCCn1cnc(CNC2CC2)c1. The third-order valence-corrected chi connectivity index (χ3v) is 3.13. The predicted octanol–water partition coefficient (Wildman–Crippen LogP) is 0.815. The van der Waals surface area contributed by atoms with Gasteiger partial charge in [-0.2, -0.15) is 0 Å². The average Bonchev–Trinajstić information content (AvgIpc) is 3.18. The minimum absolute atomic E-state index is 0.615. The van der Waals surface area contributed by atoms with E-state index in [1.54, 1.807) is 7.11 Å². The Hall–Kier alpha value is -0.950. The summed E-state index contributed by atoms with van der Waals surface area (Å²) in [5, 5.41) is 3.45. The van der Waals surface area contributed by atoms with Gasteiger partial charge in [0.25, 0.3) is 0 Å². The van der Waals surface area contributed by atoms with Gasteiger partial charge in [0.05, 0.1) is 45.1 Å². The van der Waals surface area contributed by atoms with Gasteiger partial charge >= 0.3 is 0 Å². The molecule has 1 heterocycles. The van der Waals surface area contributed by atoms with Crippen molar-refractivity contribution in [3.8, 4) is 0 Å². The predicted molar refractivity (Wildman–Crippen MR) is 75.6 cm³/mol. The molecule has 1 aromatic rings. The molecule has 0 atom stereocenters.